The van der Waals surface area contributed by atoms with Gasteiger partial charge in [-0.1, -0.05) is 6.92 Å². The van der Waals surface area contributed by atoms with Crippen molar-refractivity contribution < 1.29 is 24.2 Å². The monoisotopic (exact) mass is 491 g/mol. The van der Waals surface area contributed by atoms with Crippen molar-refractivity contribution in [1.82, 2.24) is 20.4 Å². The third-order valence-corrected chi connectivity index (χ3v) is 5.81. The molecule has 0 radical (unpaired) electrons. The largest absolute Gasteiger partial charge is 0.488 e. The number of nitrogens with zero attached hydrogens (tertiary/aromatic N) is 2. The molecule has 1 aromatic rings. The van der Waals surface area contributed by atoms with E-state index in [1.54, 1.807) is 42.0 Å². The van der Waals surface area contributed by atoms with Crippen molar-refractivity contribution in [3.63, 3.8) is 0 Å². The summed E-state index contributed by atoms with van der Waals surface area (Å²) in [5.41, 5.74) is 1.17. The fourth-order valence-electron chi connectivity index (χ4n) is 3.86. The standard InChI is InChI=1S/C25H41N5O5/c1-15(2)26-24(33)28-20-8-9-21-19(10-20)11-23(32)30(18(6)14-31)12-17(5)22(35-21)13-29(7)25(34)27-16(3)4/h8-10,15-18,22,31H,11-14H2,1-7H3,(H,27,34)(H2,26,28,33)/t17-,18+,22-/m1/s1. The van der Waals surface area contributed by atoms with Crippen LogP contribution in [0.5, 0.6) is 5.75 Å². The average Bonchev–Trinajstić information content (AvgIpc) is 2.80. The molecule has 0 saturated heterocycles. The summed E-state index contributed by atoms with van der Waals surface area (Å²) in [7, 11) is 1.71. The fourth-order valence-corrected chi connectivity index (χ4v) is 3.86. The Bertz CT molecular complexity index is 891. The van der Waals surface area contributed by atoms with Gasteiger partial charge in [0.1, 0.15) is 11.9 Å². The highest BCUT2D eigenvalue weighted by Gasteiger charge is 2.32. The van der Waals surface area contributed by atoms with Gasteiger partial charge in [0.25, 0.3) is 0 Å². The number of urea groups is 2. The van der Waals surface area contributed by atoms with E-state index in [9.17, 15) is 19.5 Å². The fraction of sp³-hybridized carbons (Fsp3) is 0.640. The van der Waals surface area contributed by atoms with Crippen LogP contribution >= 0.6 is 0 Å². The second-order valence-electron chi connectivity index (χ2n) is 9.95. The summed E-state index contributed by atoms with van der Waals surface area (Å²) in [6.45, 7) is 11.8. The van der Waals surface area contributed by atoms with Crippen LogP contribution < -0.4 is 20.7 Å². The maximum atomic E-state index is 13.3. The Morgan fingerprint density at radius 2 is 1.83 bits per heavy atom. The Morgan fingerprint density at radius 1 is 1.17 bits per heavy atom. The van der Waals surface area contributed by atoms with E-state index < -0.39 is 6.10 Å². The number of amides is 5. The molecule has 4 N–H and O–H groups in total. The minimum Gasteiger partial charge on any atom is -0.488 e. The lowest BCUT2D eigenvalue weighted by Gasteiger charge is -2.34. The number of carbonyl (C=O) groups excluding carboxylic acids is 3. The number of nitrogens with one attached hydrogen (secondary N) is 3. The van der Waals surface area contributed by atoms with E-state index in [1.165, 1.54) is 0 Å². The normalized spacial score (nSPS) is 19.1. The van der Waals surface area contributed by atoms with Crippen molar-refractivity contribution >= 4 is 23.7 Å². The van der Waals surface area contributed by atoms with Gasteiger partial charge in [0, 0.05) is 42.8 Å². The minimum atomic E-state index is -0.404. The molecule has 35 heavy (non-hydrogen) atoms. The van der Waals surface area contributed by atoms with E-state index in [-0.39, 0.29) is 55.0 Å². The summed E-state index contributed by atoms with van der Waals surface area (Å²) < 4.78 is 6.40. The second kappa shape index (κ2) is 12.6. The van der Waals surface area contributed by atoms with Crippen molar-refractivity contribution in [2.75, 3.05) is 32.1 Å². The average molecular weight is 492 g/mol. The van der Waals surface area contributed by atoms with Gasteiger partial charge in [-0.05, 0) is 52.8 Å². The molecule has 10 nitrogen and oxygen atoms in total. The molecular formula is C25H41N5O5. The van der Waals surface area contributed by atoms with Gasteiger partial charge in [-0.2, -0.15) is 0 Å². The van der Waals surface area contributed by atoms with Gasteiger partial charge in [-0.15, -0.1) is 0 Å². The van der Waals surface area contributed by atoms with Gasteiger partial charge in [-0.25, -0.2) is 9.59 Å². The number of hydrogen-bond acceptors (Lipinski definition) is 5. The van der Waals surface area contributed by atoms with Crippen LogP contribution in [-0.4, -0.2) is 83.8 Å². The number of carbonyl (C=O) groups is 3. The van der Waals surface area contributed by atoms with Crippen LogP contribution in [0.15, 0.2) is 18.2 Å². The highest BCUT2D eigenvalue weighted by Crippen LogP contribution is 2.29. The van der Waals surface area contributed by atoms with Gasteiger partial charge >= 0.3 is 12.1 Å². The van der Waals surface area contributed by atoms with Gasteiger partial charge in [0.2, 0.25) is 5.91 Å². The van der Waals surface area contributed by atoms with Gasteiger partial charge in [0.15, 0.2) is 0 Å². The minimum absolute atomic E-state index is 0.00175. The predicted octanol–water partition coefficient (Wildman–Crippen LogP) is 2.42. The Labute approximate surface area is 208 Å². The number of aliphatic hydroxyl groups is 1. The maximum absolute atomic E-state index is 13.3. The summed E-state index contributed by atoms with van der Waals surface area (Å²) in [4.78, 5) is 41.2. The van der Waals surface area contributed by atoms with Crippen LogP contribution in [0.2, 0.25) is 0 Å². The lowest BCUT2D eigenvalue weighted by molar-refractivity contribution is -0.134. The molecule has 1 aliphatic heterocycles. The van der Waals surface area contributed by atoms with Crippen LogP contribution in [0.1, 0.15) is 47.1 Å². The van der Waals surface area contributed by atoms with Gasteiger partial charge in [-0.3, -0.25) is 4.79 Å². The summed E-state index contributed by atoms with van der Waals surface area (Å²) >= 11 is 0. The number of ether oxygens (including phenoxy) is 1. The van der Waals surface area contributed by atoms with Crippen molar-refractivity contribution in [2.45, 2.75) is 72.2 Å². The van der Waals surface area contributed by atoms with Crippen molar-refractivity contribution in [2.24, 2.45) is 5.92 Å². The van der Waals surface area contributed by atoms with Crippen molar-refractivity contribution in [3.05, 3.63) is 23.8 Å². The quantitative estimate of drug-likeness (QED) is 0.466. The number of rotatable bonds is 7. The van der Waals surface area contributed by atoms with E-state index in [1.807, 2.05) is 34.6 Å². The van der Waals surface area contributed by atoms with Crippen LogP contribution in [0.4, 0.5) is 15.3 Å². The molecule has 10 heteroatoms. The molecule has 0 bridgehead atoms. The highest BCUT2D eigenvalue weighted by molar-refractivity contribution is 5.90. The third-order valence-electron chi connectivity index (χ3n) is 5.81. The molecule has 196 valence electrons. The first-order valence-electron chi connectivity index (χ1n) is 12.2. The highest BCUT2D eigenvalue weighted by atomic mass is 16.5. The van der Waals surface area contributed by atoms with Crippen LogP contribution in [0.25, 0.3) is 0 Å². The smallest absolute Gasteiger partial charge is 0.319 e. The van der Waals surface area contributed by atoms with E-state index in [0.29, 0.717) is 30.1 Å². The summed E-state index contributed by atoms with van der Waals surface area (Å²) in [5, 5.41) is 18.2. The molecule has 1 aliphatic rings. The zero-order chi connectivity index (χ0) is 26.3. The summed E-state index contributed by atoms with van der Waals surface area (Å²) in [5.74, 6) is 0.266. The molecule has 5 amide bonds. The molecule has 3 atom stereocenters. The molecule has 0 fully saturated rings. The number of anilines is 1. The first-order chi connectivity index (χ1) is 16.4. The van der Waals surface area contributed by atoms with Crippen LogP contribution in [0, 0.1) is 5.92 Å². The number of fused-ring (bicyclic) bond motifs is 1. The topological polar surface area (TPSA) is 123 Å². The van der Waals surface area contributed by atoms with Gasteiger partial charge in [0.05, 0.1) is 25.6 Å². The van der Waals surface area contributed by atoms with Crippen molar-refractivity contribution in [3.8, 4) is 5.75 Å². The molecule has 1 aromatic carbocycles. The zero-order valence-electron chi connectivity index (χ0n) is 21.9. The third kappa shape index (κ3) is 8.31. The number of aliphatic hydroxyl groups excluding tert-OH is 1. The predicted molar refractivity (Wildman–Crippen MR) is 136 cm³/mol. The first-order valence-corrected chi connectivity index (χ1v) is 12.2. The summed E-state index contributed by atoms with van der Waals surface area (Å²) in [6.07, 6.45) is -0.344. The Kier molecular flexibility index (Phi) is 10.2. The van der Waals surface area contributed by atoms with Crippen molar-refractivity contribution in [1.29, 1.82) is 0 Å². The molecule has 0 aromatic heterocycles. The van der Waals surface area contributed by atoms with E-state index in [0.717, 1.165) is 0 Å². The SMILES string of the molecule is CC(C)NC(=O)Nc1ccc2c(c1)CC(=O)N([C@@H](C)CO)C[C@@H](C)[C@@H](CN(C)C(=O)NC(C)C)O2. The number of hydrogen-bond donors (Lipinski definition) is 4. The number of likely N-dealkylation sites (N-methyl/N-ethyl adjacent to an activating group) is 1. The van der Waals surface area contributed by atoms with Crippen LogP contribution in [0.3, 0.4) is 0 Å². The molecule has 2 rings (SSSR count). The Balaban J connectivity index is 2.38. The molecule has 1 heterocycles. The second-order valence-corrected chi connectivity index (χ2v) is 9.95. The van der Waals surface area contributed by atoms with E-state index >= 15 is 0 Å². The van der Waals surface area contributed by atoms with E-state index in [4.69, 9.17) is 4.74 Å². The summed E-state index contributed by atoms with van der Waals surface area (Å²) in [6, 6.07) is 4.27. The van der Waals surface area contributed by atoms with Crippen LogP contribution in [-0.2, 0) is 11.2 Å². The Morgan fingerprint density at radius 3 is 2.43 bits per heavy atom. The number of benzene rings is 1. The lowest BCUT2D eigenvalue weighted by Crippen LogP contribution is -2.49. The maximum Gasteiger partial charge on any atom is 0.319 e. The van der Waals surface area contributed by atoms with E-state index in [2.05, 4.69) is 16.0 Å². The molecule has 0 saturated carbocycles. The molecule has 0 unspecified atom stereocenters. The molecule has 0 spiro atoms. The first kappa shape index (κ1) is 28.2. The lowest BCUT2D eigenvalue weighted by atomic mass is 10.0. The zero-order valence-corrected chi connectivity index (χ0v) is 21.9. The Hall–Kier alpha value is -3.01. The molecular weight excluding hydrogens is 450 g/mol. The van der Waals surface area contributed by atoms with Gasteiger partial charge < -0.3 is 35.6 Å². The molecule has 0 aliphatic carbocycles.